The zero-order valence-corrected chi connectivity index (χ0v) is 8.36. The number of hydrogen-bond acceptors (Lipinski definition) is 1. The van der Waals surface area contributed by atoms with Crippen molar-refractivity contribution in [3.63, 3.8) is 0 Å². The van der Waals surface area contributed by atoms with Crippen molar-refractivity contribution in [2.24, 2.45) is 5.73 Å². The Hall–Kier alpha value is -1.83. The van der Waals surface area contributed by atoms with Crippen molar-refractivity contribution in [1.82, 2.24) is 0 Å². The largest absolute Gasteiger partial charge is 0.370 e. The van der Waals surface area contributed by atoms with Crippen LogP contribution in [0.4, 0.5) is 0 Å². The van der Waals surface area contributed by atoms with Crippen LogP contribution in [0.1, 0.15) is 18.1 Å². The lowest BCUT2D eigenvalue weighted by atomic mass is 10.1. The molecule has 1 rings (SSSR count). The third-order valence-electron chi connectivity index (χ3n) is 1.44. The standard InChI is InChI=1S/C10H10.C2H5NO/c1-3-9-7-5-6-8-10(9)4-2;1-2(3)4/h3-8H,1-2H2;1H3,(H2,3,4). The van der Waals surface area contributed by atoms with Gasteiger partial charge in [-0.2, -0.15) is 0 Å². The molecule has 14 heavy (non-hydrogen) atoms. The molecule has 0 radical (unpaired) electrons. The third kappa shape index (κ3) is 4.93. The van der Waals surface area contributed by atoms with Gasteiger partial charge in [-0.15, -0.1) is 0 Å². The van der Waals surface area contributed by atoms with Crippen LogP contribution < -0.4 is 5.73 Å². The van der Waals surface area contributed by atoms with Crippen molar-refractivity contribution in [3.8, 4) is 0 Å². The maximum absolute atomic E-state index is 9.22. The van der Waals surface area contributed by atoms with Crippen LogP contribution in [0, 0.1) is 0 Å². The zero-order chi connectivity index (χ0) is 11.0. The average Bonchev–Trinajstić information content (AvgIpc) is 2.17. The molecule has 0 aliphatic carbocycles. The smallest absolute Gasteiger partial charge is 0.214 e. The van der Waals surface area contributed by atoms with Crippen molar-refractivity contribution in [2.45, 2.75) is 6.92 Å². The van der Waals surface area contributed by atoms with Gasteiger partial charge in [-0.25, -0.2) is 0 Å². The molecule has 2 nitrogen and oxygen atoms in total. The number of hydrogen-bond donors (Lipinski definition) is 1. The van der Waals surface area contributed by atoms with Gasteiger partial charge >= 0.3 is 0 Å². The molecule has 0 heterocycles. The molecule has 0 aliphatic heterocycles. The molecule has 0 saturated carbocycles. The highest BCUT2D eigenvalue weighted by atomic mass is 16.1. The van der Waals surface area contributed by atoms with E-state index >= 15 is 0 Å². The van der Waals surface area contributed by atoms with E-state index in [0.29, 0.717) is 0 Å². The number of primary amides is 1. The minimum absolute atomic E-state index is 0.333. The van der Waals surface area contributed by atoms with E-state index in [-0.39, 0.29) is 5.91 Å². The fraction of sp³-hybridized carbons (Fsp3) is 0.0833. The first-order valence-corrected chi connectivity index (χ1v) is 4.21. The average molecular weight is 189 g/mol. The molecule has 1 aromatic carbocycles. The SMILES string of the molecule is C=Cc1ccccc1C=C.CC(N)=O. The first-order valence-electron chi connectivity index (χ1n) is 4.21. The number of carbonyl (C=O) groups is 1. The van der Waals surface area contributed by atoms with Gasteiger partial charge in [0.15, 0.2) is 0 Å². The molecule has 0 atom stereocenters. The summed E-state index contributed by atoms with van der Waals surface area (Å²) in [6, 6.07) is 8.02. The molecule has 0 bridgehead atoms. The van der Waals surface area contributed by atoms with E-state index in [0.717, 1.165) is 11.1 Å². The van der Waals surface area contributed by atoms with Gasteiger partial charge in [0, 0.05) is 6.92 Å². The van der Waals surface area contributed by atoms with E-state index in [9.17, 15) is 4.79 Å². The molecule has 0 spiro atoms. The minimum atomic E-state index is -0.333. The monoisotopic (exact) mass is 189 g/mol. The van der Waals surface area contributed by atoms with Crippen LogP contribution in [-0.2, 0) is 4.79 Å². The van der Waals surface area contributed by atoms with Crippen molar-refractivity contribution < 1.29 is 4.79 Å². The van der Waals surface area contributed by atoms with Crippen molar-refractivity contribution >= 4 is 18.1 Å². The van der Waals surface area contributed by atoms with Crippen molar-refractivity contribution in [1.29, 1.82) is 0 Å². The number of amides is 1. The predicted molar refractivity (Wildman–Crippen MR) is 61.5 cm³/mol. The Bertz CT molecular complexity index is 298. The van der Waals surface area contributed by atoms with E-state index in [1.54, 1.807) is 0 Å². The Balaban J connectivity index is 0.000000364. The fourth-order valence-corrected chi connectivity index (χ4v) is 0.883. The Kier molecular flexibility index (Phi) is 5.79. The predicted octanol–water partition coefficient (Wildman–Crippen LogP) is 2.46. The van der Waals surface area contributed by atoms with Crippen LogP contribution in [0.15, 0.2) is 37.4 Å². The second-order valence-electron chi connectivity index (χ2n) is 2.65. The molecular weight excluding hydrogens is 174 g/mol. The number of benzene rings is 1. The molecule has 1 aromatic rings. The van der Waals surface area contributed by atoms with Crippen molar-refractivity contribution in [3.05, 3.63) is 48.6 Å². The highest BCUT2D eigenvalue weighted by Gasteiger charge is 1.89. The van der Waals surface area contributed by atoms with E-state index in [1.165, 1.54) is 6.92 Å². The lowest BCUT2D eigenvalue weighted by Crippen LogP contribution is -2.01. The first-order chi connectivity index (χ1) is 6.61. The van der Waals surface area contributed by atoms with Gasteiger partial charge in [-0.1, -0.05) is 49.6 Å². The van der Waals surface area contributed by atoms with Crippen LogP contribution in [0.5, 0.6) is 0 Å². The summed E-state index contributed by atoms with van der Waals surface area (Å²) in [4.78, 5) is 9.22. The molecule has 0 unspecified atom stereocenters. The quantitative estimate of drug-likeness (QED) is 0.763. The molecule has 0 saturated heterocycles. The summed E-state index contributed by atoms with van der Waals surface area (Å²) in [5.74, 6) is -0.333. The molecule has 1 amide bonds. The van der Waals surface area contributed by atoms with Crippen molar-refractivity contribution in [2.75, 3.05) is 0 Å². The molecule has 0 aromatic heterocycles. The van der Waals surface area contributed by atoms with E-state index in [1.807, 2.05) is 36.4 Å². The first kappa shape index (κ1) is 12.2. The summed E-state index contributed by atoms with van der Waals surface area (Å²) in [5, 5.41) is 0. The van der Waals surface area contributed by atoms with Gasteiger partial charge in [0.25, 0.3) is 0 Å². The van der Waals surface area contributed by atoms with E-state index in [2.05, 4.69) is 18.9 Å². The molecule has 2 N–H and O–H groups in total. The van der Waals surface area contributed by atoms with Gasteiger partial charge in [0.2, 0.25) is 5.91 Å². The topological polar surface area (TPSA) is 43.1 Å². The zero-order valence-electron chi connectivity index (χ0n) is 8.36. The van der Waals surface area contributed by atoms with Crippen LogP contribution in [-0.4, -0.2) is 5.91 Å². The second kappa shape index (κ2) is 6.66. The van der Waals surface area contributed by atoms with Crippen LogP contribution in [0.2, 0.25) is 0 Å². The van der Waals surface area contributed by atoms with E-state index in [4.69, 9.17) is 0 Å². The molecule has 0 aliphatic rings. The molecule has 74 valence electrons. The normalized spacial score (nSPS) is 8.07. The highest BCUT2D eigenvalue weighted by molar-refractivity contribution is 5.70. The summed E-state index contributed by atoms with van der Waals surface area (Å²) in [7, 11) is 0. The number of rotatable bonds is 2. The number of carbonyl (C=O) groups excluding carboxylic acids is 1. The Morgan fingerprint density at radius 2 is 1.50 bits per heavy atom. The fourth-order valence-electron chi connectivity index (χ4n) is 0.883. The summed E-state index contributed by atoms with van der Waals surface area (Å²) in [6.07, 6.45) is 3.66. The highest BCUT2D eigenvalue weighted by Crippen LogP contribution is 2.10. The van der Waals surface area contributed by atoms with Gasteiger partial charge in [-0.3, -0.25) is 4.79 Å². The molecular formula is C12H15NO. The van der Waals surface area contributed by atoms with Gasteiger partial charge in [0.1, 0.15) is 0 Å². The van der Waals surface area contributed by atoms with Gasteiger partial charge in [-0.05, 0) is 11.1 Å². The van der Waals surface area contributed by atoms with E-state index < -0.39 is 0 Å². The Morgan fingerprint density at radius 3 is 1.71 bits per heavy atom. The van der Waals surface area contributed by atoms with Crippen LogP contribution in [0.25, 0.3) is 12.2 Å². The van der Waals surface area contributed by atoms with Gasteiger partial charge in [0.05, 0.1) is 0 Å². The third-order valence-corrected chi connectivity index (χ3v) is 1.44. The number of nitrogens with two attached hydrogens (primary N) is 1. The lowest BCUT2D eigenvalue weighted by Gasteiger charge is -1.96. The summed E-state index contributed by atoms with van der Waals surface area (Å²) < 4.78 is 0. The van der Waals surface area contributed by atoms with Crippen LogP contribution >= 0.6 is 0 Å². The second-order valence-corrected chi connectivity index (χ2v) is 2.65. The Labute approximate surface area is 84.7 Å². The molecule has 2 heteroatoms. The summed E-state index contributed by atoms with van der Waals surface area (Å²) in [6.45, 7) is 8.69. The van der Waals surface area contributed by atoms with Crippen LogP contribution in [0.3, 0.4) is 0 Å². The Morgan fingerprint density at radius 1 is 1.21 bits per heavy atom. The lowest BCUT2D eigenvalue weighted by molar-refractivity contribution is -0.115. The van der Waals surface area contributed by atoms with Gasteiger partial charge < -0.3 is 5.73 Å². The maximum Gasteiger partial charge on any atom is 0.214 e. The molecule has 0 fully saturated rings. The summed E-state index contributed by atoms with van der Waals surface area (Å²) >= 11 is 0. The minimum Gasteiger partial charge on any atom is -0.370 e. The summed E-state index contributed by atoms with van der Waals surface area (Å²) in [5.41, 5.74) is 6.75. The maximum atomic E-state index is 9.22.